The lowest BCUT2D eigenvalue weighted by Crippen LogP contribution is -2.24. The van der Waals surface area contributed by atoms with Crippen LogP contribution < -0.4 is 11.1 Å². The predicted octanol–water partition coefficient (Wildman–Crippen LogP) is 2.34. The van der Waals surface area contributed by atoms with E-state index in [4.69, 9.17) is 5.73 Å². The molecule has 1 aromatic heterocycles. The van der Waals surface area contributed by atoms with E-state index >= 15 is 0 Å². The van der Waals surface area contributed by atoms with Gasteiger partial charge in [-0.05, 0) is 31.0 Å². The molecule has 0 spiro atoms. The van der Waals surface area contributed by atoms with Crippen LogP contribution >= 0.6 is 11.3 Å². The third-order valence-electron chi connectivity index (χ3n) is 2.93. The maximum atomic E-state index is 12.0. The van der Waals surface area contributed by atoms with E-state index in [-0.39, 0.29) is 5.91 Å². The van der Waals surface area contributed by atoms with Gasteiger partial charge in [0.15, 0.2) is 0 Å². The van der Waals surface area contributed by atoms with E-state index in [0.29, 0.717) is 18.0 Å². The van der Waals surface area contributed by atoms with Gasteiger partial charge < -0.3 is 11.1 Å². The van der Waals surface area contributed by atoms with Crippen molar-refractivity contribution in [3.8, 4) is 11.8 Å². The second kappa shape index (κ2) is 7.63. The Kier molecular flexibility index (Phi) is 5.56. The number of benzene rings is 1. The van der Waals surface area contributed by atoms with Crippen molar-refractivity contribution in [3.05, 3.63) is 57.3 Å². The second-order valence-electron chi connectivity index (χ2n) is 4.66. The minimum absolute atomic E-state index is 0.0477. The van der Waals surface area contributed by atoms with E-state index in [0.717, 1.165) is 11.3 Å². The van der Waals surface area contributed by atoms with Crippen LogP contribution in [0.2, 0.25) is 0 Å². The van der Waals surface area contributed by atoms with Gasteiger partial charge in [-0.25, -0.2) is 0 Å². The van der Waals surface area contributed by atoms with Crippen molar-refractivity contribution < 1.29 is 4.79 Å². The van der Waals surface area contributed by atoms with Crippen LogP contribution in [0.15, 0.2) is 36.4 Å². The van der Waals surface area contributed by atoms with Gasteiger partial charge in [0.05, 0.1) is 16.3 Å². The number of nitrogens with two attached hydrogens (primary N) is 1. The highest BCUT2D eigenvalue weighted by molar-refractivity contribution is 7.14. The Hall–Kier alpha value is -2.09. The summed E-state index contributed by atoms with van der Waals surface area (Å²) in [6, 6.07) is 12.0. The Morgan fingerprint density at radius 1 is 1.33 bits per heavy atom. The summed E-state index contributed by atoms with van der Waals surface area (Å²) < 4.78 is 0. The Morgan fingerprint density at radius 3 is 2.95 bits per heavy atom. The summed E-state index contributed by atoms with van der Waals surface area (Å²) in [4.78, 5) is 13.6. The average molecular weight is 298 g/mol. The molecule has 0 saturated carbocycles. The number of nitrogens with one attached hydrogen (secondary N) is 1. The summed E-state index contributed by atoms with van der Waals surface area (Å²) >= 11 is 1.39. The fraction of sp³-hybridized carbons (Fsp3) is 0.235. The summed E-state index contributed by atoms with van der Waals surface area (Å²) in [6.45, 7) is 3.03. The van der Waals surface area contributed by atoms with Crippen LogP contribution in [-0.4, -0.2) is 19.0 Å². The number of hydrogen-bond acceptors (Lipinski definition) is 3. The van der Waals surface area contributed by atoms with Crippen LogP contribution in [0.25, 0.3) is 0 Å². The van der Waals surface area contributed by atoms with Crippen LogP contribution in [0, 0.1) is 18.8 Å². The van der Waals surface area contributed by atoms with E-state index in [1.165, 1.54) is 22.5 Å². The van der Waals surface area contributed by atoms with Crippen molar-refractivity contribution >= 4 is 17.2 Å². The first-order valence-corrected chi connectivity index (χ1v) is 7.63. The zero-order chi connectivity index (χ0) is 15.1. The van der Waals surface area contributed by atoms with Gasteiger partial charge in [0.25, 0.3) is 5.91 Å². The maximum Gasteiger partial charge on any atom is 0.261 e. The van der Waals surface area contributed by atoms with Crippen LogP contribution in [0.5, 0.6) is 0 Å². The number of hydrogen-bond donors (Lipinski definition) is 2. The van der Waals surface area contributed by atoms with Gasteiger partial charge in [0.1, 0.15) is 0 Å². The van der Waals surface area contributed by atoms with Crippen LogP contribution in [0.4, 0.5) is 0 Å². The molecule has 2 aromatic rings. The van der Waals surface area contributed by atoms with Gasteiger partial charge >= 0.3 is 0 Å². The molecule has 21 heavy (non-hydrogen) atoms. The Morgan fingerprint density at radius 2 is 2.19 bits per heavy atom. The van der Waals surface area contributed by atoms with Gasteiger partial charge in [-0.1, -0.05) is 41.7 Å². The zero-order valence-electron chi connectivity index (χ0n) is 12.0. The van der Waals surface area contributed by atoms with E-state index in [1.54, 1.807) is 6.07 Å². The summed E-state index contributed by atoms with van der Waals surface area (Å²) in [6.07, 6.45) is 0.832. The number of rotatable bonds is 4. The molecule has 1 aromatic carbocycles. The van der Waals surface area contributed by atoms with Crippen molar-refractivity contribution in [2.75, 3.05) is 13.1 Å². The first kappa shape index (κ1) is 15.3. The number of thiophene rings is 1. The molecule has 108 valence electrons. The summed E-state index contributed by atoms with van der Waals surface area (Å²) in [5, 5.41) is 2.93. The fourth-order valence-corrected chi connectivity index (χ4v) is 2.74. The van der Waals surface area contributed by atoms with Gasteiger partial charge in [0.2, 0.25) is 0 Å². The number of amides is 1. The number of aryl methyl sites for hydroxylation is 1. The molecule has 0 aliphatic rings. The molecular formula is C17H18N2OS. The van der Waals surface area contributed by atoms with Crippen molar-refractivity contribution in [3.63, 3.8) is 0 Å². The highest BCUT2D eigenvalue weighted by Crippen LogP contribution is 2.15. The Balaban J connectivity index is 1.86. The van der Waals surface area contributed by atoms with E-state index in [9.17, 15) is 4.79 Å². The number of carbonyl (C=O) groups excluding carboxylic acids is 1. The molecule has 0 aliphatic heterocycles. The molecule has 1 heterocycles. The van der Waals surface area contributed by atoms with Gasteiger partial charge in [0, 0.05) is 6.54 Å². The van der Waals surface area contributed by atoms with Crippen molar-refractivity contribution in [1.82, 2.24) is 5.32 Å². The first-order valence-electron chi connectivity index (χ1n) is 6.81. The molecule has 0 atom stereocenters. The van der Waals surface area contributed by atoms with Crippen LogP contribution in [-0.2, 0) is 6.42 Å². The molecule has 0 saturated heterocycles. The third kappa shape index (κ3) is 4.75. The summed E-state index contributed by atoms with van der Waals surface area (Å²) in [7, 11) is 0. The molecule has 3 nitrogen and oxygen atoms in total. The molecule has 3 N–H and O–H groups in total. The fourth-order valence-electron chi connectivity index (χ4n) is 1.94. The molecule has 0 radical (unpaired) electrons. The lowest BCUT2D eigenvalue weighted by atomic mass is 10.1. The van der Waals surface area contributed by atoms with Crippen molar-refractivity contribution in [2.45, 2.75) is 13.3 Å². The third-order valence-corrected chi connectivity index (χ3v) is 3.92. The van der Waals surface area contributed by atoms with Gasteiger partial charge in [-0.2, -0.15) is 0 Å². The predicted molar refractivity (Wildman–Crippen MR) is 87.5 cm³/mol. The Bertz CT molecular complexity index is 679. The zero-order valence-corrected chi connectivity index (χ0v) is 12.8. The van der Waals surface area contributed by atoms with Crippen LogP contribution in [0.3, 0.4) is 0 Å². The average Bonchev–Trinajstić information content (AvgIpc) is 2.94. The van der Waals surface area contributed by atoms with Gasteiger partial charge in [-0.3, -0.25) is 4.79 Å². The quantitative estimate of drug-likeness (QED) is 0.851. The van der Waals surface area contributed by atoms with E-state index in [1.807, 2.05) is 12.1 Å². The second-order valence-corrected chi connectivity index (χ2v) is 5.75. The number of carbonyl (C=O) groups is 1. The van der Waals surface area contributed by atoms with Gasteiger partial charge in [-0.15, -0.1) is 11.3 Å². The molecule has 1 amide bonds. The highest BCUT2D eigenvalue weighted by atomic mass is 32.1. The summed E-state index contributed by atoms with van der Waals surface area (Å²) in [5.74, 6) is 5.67. The maximum absolute atomic E-state index is 12.0. The van der Waals surface area contributed by atoms with Crippen molar-refractivity contribution in [2.24, 2.45) is 5.73 Å². The SMILES string of the molecule is Cc1cccc(CCNC(=O)c2ccc(C#CCN)s2)c1. The van der Waals surface area contributed by atoms with Crippen LogP contribution in [0.1, 0.15) is 25.7 Å². The molecule has 4 heteroatoms. The lowest BCUT2D eigenvalue weighted by Gasteiger charge is -2.04. The molecule has 0 aliphatic carbocycles. The standard InChI is InChI=1S/C17H18N2OS/c1-13-4-2-5-14(12-13)9-11-19-17(20)16-8-7-15(21-16)6-3-10-18/h2,4-5,7-8,12H,9-11,18H2,1H3,(H,19,20). The van der Waals surface area contributed by atoms with E-state index < -0.39 is 0 Å². The first-order chi connectivity index (χ1) is 10.2. The minimum atomic E-state index is -0.0477. The smallest absolute Gasteiger partial charge is 0.261 e. The summed E-state index contributed by atoms with van der Waals surface area (Å²) in [5.41, 5.74) is 7.79. The molecule has 0 bridgehead atoms. The minimum Gasteiger partial charge on any atom is -0.351 e. The lowest BCUT2D eigenvalue weighted by molar-refractivity contribution is 0.0958. The Labute approximate surface area is 129 Å². The molecule has 0 fully saturated rings. The molecule has 0 unspecified atom stereocenters. The van der Waals surface area contributed by atoms with E-state index in [2.05, 4.69) is 42.3 Å². The highest BCUT2D eigenvalue weighted by Gasteiger charge is 2.07. The van der Waals surface area contributed by atoms with Crippen molar-refractivity contribution in [1.29, 1.82) is 0 Å². The largest absolute Gasteiger partial charge is 0.351 e. The molecular weight excluding hydrogens is 280 g/mol. The molecule has 2 rings (SSSR count). The normalized spacial score (nSPS) is 9.81. The monoisotopic (exact) mass is 298 g/mol. The topological polar surface area (TPSA) is 55.1 Å².